The first-order chi connectivity index (χ1) is 8.69. The SMILES string of the molecule is CC(Nc1ccc(C#N)nc1)c1ccc(N)cc1. The lowest BCUT2D eigenvalue weighted by molar-refractivity contribution is 0.883. The molecule has 90 valence electrons. The van der Waals surface area contributed by atoms with Crippen LogP contribution in [-0.2, 0) is 0 Å². The van der Waals surface area contributed by atoms with E-state index < -0.39 is 0 Å². The molecule has 0 aliphatic rings. The summed E-state index contributed by atoms with van der Waals surface area (Å²) in [4.78, 5) is 4.01. The van der Waals surface area contributed by atoms with Crippen LogP contribution < -0.4 is 11.1 Å². The van der Waals surface area contributed by atoms with E-state index in [0.29, 0.717) is 5.69 Å². The van der Waals surface area contributed by atoms with Gasteiger partial charge in [0.25, 0.3) is 0 Å². The Morgan fingerprint density at radius 1 is 1.22 bits per heavy atom. The van der Waals surface area contributed by atoms with Crippen LogP contribution in [0.3, 0.4) is 0 Å². The van der Waals surface area contributed by atoms with Crippen LogP contribution in [0, 0.1) is 11.3 Å². The summed E-state index contributed by atoms with van der Waals surface area (Å²) in [6.07, 6.45) is 1.66. The highest BCUT2D eigenvalue weighted by molar-refractivity contribution is 5.46. The molecule has 0 aliphatic heterocycles. The zero-order valence-electron chi connectivity index (χ0n) is 10.1. The summed E-state index contributed by atoms with van der Waals surface area (Å²) in [5, 5.41) is 12.0. The number of benzene rings is 1. The van der Waals surface area contributed by atoms with Gasteiger partial charge in [-0.3, -0.25) is 0 Å². The average Bonchev–Trinajstić information content (AvgIpc) is 2.40. The molecule has 4 heteroatoms. The van der Waals surface area contributed by atoms with Crippen LogP contribution in [0.25, 0.3) is 0 Å². The van der Waals surface area contributed by atoms with Crippen molar-refractivity contribution in [2.45, 2.75) is 13.0 Å². The van der Waals surface area contributed by atoms with Crippen molar-refractivity contribution in [3.8, 4) is 6.07 Å². The second-order valence-corrected chi connectivity index (χ2v) is 4.08. The van der Waals surface area contributed by atoms with Gasteiger partial charge in [0, 0.05) is 11.7 Å². The molecule has 0 spiro atoms. The van der Waals surface area contributed by atoms with E-state index in [0.717, 1.165) is 16.9 Å². The number of nitrogen functional groups attached to an aromatic ring is 1. The van der Waals surface area contributed by atoms with Crippen molar-refractivity contribution in [2.75, 3.05) is 11.1 Å². The zero-order valence-corrected chi connectivity index (χ0v) is 10.1. The second kappa shape index (κ2) is 5.19. The third kappa shape index (κ3) is 2.77. The first kappa shape index (κ1) is 11.9. The van der Waals surface area contributed by atoms with Gasteiger partial charge in [-0.2, -0.15) is 5.26 Å². The number of hydrogen-bond acceptors (Lipinski definition) is 4. The van der Waals surface area contributed by atoms with Crippen molar-refractivity contribution in [1.29, 1.82) is 5.26 Å². The monoisotopic (exact) mass is 238 g/mol. The van der Waals surface area contributed by atoms with Crippen molar-refractivity contribution in [3.05, 3.63) is 53.9 Å². The summed E-state index contributed by atoms with van der Waals surface area (Å²) < 4.78 is 0. The van der Waals surface area contributed by atoms with Crippen molar-refractivity contribution >= 4 is 11.4 Å². The Labute approximate surface area is 106 Å². The molecule has 1 aromatic heterocycles. The van der Waals surface area contributed by atoms with Crippen LogP contribution in [0.2, 0.25) is 0 Å². The predicted molar refractivity (Wildman–Crippen MR) is 71.8 cm³/mol. The van der Waals surface area contributed by atoms with Gasteiger partial charge in [0.1, 0.15) is 11.8 Å². The fourth-order valence-electron chi connectivity index (χ4n) is 1.66. The molecule has 0 amide bonds. The van der Waals surface area contributed by atoms with E-state index in [1.807, 2.05) is 36.4 Å². The van der Waals surface area contributed by atoms with Gasteiger partial charge < -0.3 is 11.1 Å². The number of nitrogens with zero attached hydrogens (tertiary/aromatic N) is 2. The number of anilines is 2. The van der Waals surface area contributed by atoms with Gasteiger partial charge in [0.2, 0.25) is 0 Å². The smallest absolute Gasteiger partial charge is 0.140 e. The minimum atomic E-state index is 0.153. The molecule has 0 saturated carbocycles. The average molecular weight is 238 g/mol. The summed E-state index contributed by atoms with van der Waals surface area (Å²) >= 11 is 0. The Hall–Kier alpha value is -2.54. The lowest BCUT2D eigenvalue weighted by Crippen LogP contribution is -2.06. The van der Waals surface area contributed by atoms with Crippen molar-refractivity contribution < 1.29 is 0 Å². The van der Waals surface area contributed by atoms with E-state index in [4.69, 9.17) is 11.0 Å². The van der Waals surface area contributed by atoms with Crippen LogP contribution >= 0.6 is 0 Å². The standard InChI is InChI=1S/C14H14N4/c1-10(11-2-4-12(16)5-3-11)18-14-7-6-13(8-15)17-9-14/h2-7,9-10,18H,16H2,1H3. The van der Waals surface area contributed by atoms with Crippen LogP contribution in [-0.4, -0.2) is 4.98 Å². The van der Waals surface area contributed by atoms with Gasteiger partial charge in [-0.25, -0.2) is 4.98 Å². The van der Waals surface area contributed by atoms with Crippen molar-refractivity contribution in [3.63, 3.8) is 0 Å². The molecule has 0 saturated heterocycles. The van der Waals surface area contributed by atoms with Gasteiger partial charge in [0.15, 0.2) is 0 Å². The lowest BCUT2D eigenvalue weighted by atomic mass is 10.1. The molecular formula is C14H14N4. The minimum absolute atomic E-state index is 0.153. The molecule has 0 aliphatic carbocycles. The number of aromatic nitrogens is 1. The van der Waals surface area contributed by atoms with Gasteiger partial charge in [-0.15, -0.1) is 0 Å². The number of pyridine rings is 1. The van der Waals surface area contributed by atoms with E-state index in [-0.39, 0.29) is 6.04 Å². The topological polar surface area (TPSA) is 74.7 Å². The molecule has 4 nitrogen and oxygen atoms in total. The normalized spacial score (nSPS) is 11.6. The molecule has 2 aromatic rings. The lowest BCUT2D eigenvalue weighted by Gasteiger charge is -2.15. The van der Waals surface area contributed by atoms with Crippen molar-refractivity contribution in [2.24, 2.45) is 0 Å². The third-order valence-corrected chi connectivity index (χ3v) is 2.70. The molecule has 2 rings (SSSR count). The van der Waals surface area contributed by atoms with Crippen LogP contribution in [0.15, 0.2) is 42.6 Å². The fourth-order valence-corrected chi connectivity index (χ4v) is 1.66. The second-order valence-electron chi connectivity index (χ2n) is 4.08. The quantitative estimate of drug-likeness (QED) is 0.806. The summed E-state index contributed by atoms with van der Waals surface area (Å²) in [6.45, 7) is 2.06. The number of nitriles is 1. The Morgan fingerprint density at radius 2 is 1.94 bits per heavy atom. The van der Waals surface area contributed by atoms with Gasteiger partial charge in [0.05, 0.1) is 11.9 Å². The van der Waals surface area contributed by atoms with E-state index >= 15 is 0 Å². The van der Waals surface area contributed by atoms with E-state index in [9.17, 15) is 0 Å². The number of nitrogens with two attached hydrogens (primary N) is 1. The first-order valence-corrected chi connectivity index (χ1v) is 5.67. The van der Waals surface area contributed by atoms with Gasteiger partial charge in [-0.05, 0) is 36.8 Å². The molecule has 3 N–H and O–H groups in total. The van der Waals surface area contributed by atoms with E-state index in [1.54, 1.807) is 12.3 Å². The molecular weight excluding hydrogens is 224 g/mol. The highest BCUT2D eigenvalue weighted by Crippen LogP contribution is 2.19. The van der Waals surface area contributed by atoms with Crippen LogP contribution in [0.1, 0.15) is 24.2 Å². The Morgan fingerprint density at radius 3 is 2.50 bits per heavy atom. The summed E-state index contributed by atoms with van der Waals surface area (Å²) in [5.74, 6) is 0. The molecule has 1 aromatic carbocycles. The summed E-state index contributed by atoms with van der Waals surface area (Å²) in [5.41, 5.74) is 8.86. The number of nitrogens with one attached hydrogen (secondary N) is 1. The Balaban J connectivity index is 2.08. The van der Waals surface area contributed by atoms with Gasteiger partial charge in [-0.1, -0.05) is 12.1 Å². The summed E-state index contributed by atoms with van der Waals surface area (Å²) in [6, 6.07) is 13.4. The first-order valence-electron chi connectivity index (χ1n) is 5.67. The van der Waals surface area contributed by atoms with E-state index in [1.165, 1.54) is 0 Å². The number of hydrogen-bond donors (Lipinski definition) is 2. The fraction of sp³-hybridized carbons (Fsp3) is 0.143. The molecule has 1 heterocycles. The third-order valence-electron chi connectivity index (χ3n) is 2.70. The maximum atomic E-state index is 8.67. The van der Waals surface area contributed by atoms with Crippen LogP contribution in [0.5, 0.6) is 0 Å². The van der Waals surface area contributed by atoms with E-state index in [2.05, 4.69) is 17.2 Å². The molecule has 18 heavy (non-hydrogen) atoms. The molecule has 0 fully saturated rings. The molecule has 0 radical (unpaired) electrons. The number of rotatable bonds is 3. The molecule has 1 atom stereocenters. The largest absolute Gasteiger partial charge is 0.399 e. The highest BCUT2D eigenvalue weighted by Gasteiger charge is 2.05. The highest BCUT2D eigenvalue weighted by atomic mass is 14.9. The van der Waals surface area contributed by atoms with Crippen LogP contribution in [0.4, 0.5) is 11.4 Å². The minimum Gasteiger partial charge on any atom is -0.399 e. The summed E-state index contributed by atoms with van der Waals surface area (Å²) in [7, 11) is 0. The molecule has 0 bridgehead atoms. The Bertz CT molecular complexity index is 552. The predicted octanol–water partition coefficient (Wildman–Crippen LogP) is 2.71. The van der Waals surface area contributed by atoms with Gasteiger partial charge >= 0.3 is 0 Å². The maximum absolute atomic E-state index is 8.67. The van der Waals surface area contributed by atoms with Crippen molar-refractivity contribution in [1.82, 2.24) is 4.98 Å². The zero-order chi connectivity index (χ0) is 13.0. The Kier molecular flexibility index (Phi) is 3.44. The molecule has 1 unspecified atom stereocenters. The maximum Gasteiger partial charge on any atom is 0.140 e.